The number of Topliss-reactive ketones (excluding diaryl/α,β-unsaturated/α-hetero) is 1. The van der Waals surface area contributed by atoms with Crippen molar-refractivity contribution < 1.29 is 4.79 Å². The van der Waals surface area contributed by atoms with Gasteiger partial charge in [-0.25, -0.2) is 0 Å². The number of hydrogen-bond donors (Lipinski definition) is 0. The standard InChI is InChI=1S/C9H10N2O/c1-3-11-6-8(5-10)4-9(11)7(2)12/h4,6H,3H2,1-2H3. The van der Waals surface area contributed by atoms with E-state index in [1.165, 1.54) is 6.92 Å². The molecule has 0 spiro atoms. The Kier molecular flexibility index (Phi) is 2.29. The summed E-state index contributed by atoms with van der Waals surface area (Å²) in [5, 5.41) is 8.58. The molecule has 0 N–H and O–H groups in total. The van der Waals surface area contributed by atoms with Gasteiger partial charge < -0.3 is 4.57 Å². The summed E-state index contributed by atoms with van der Waals surface area (Å²) in [5.41, 5.74) is 1.15. The average molecular weight is 162 g/mol. The summed E-state index contributed by atoms with van der Waals surface area (Å²) in [6.07, 6.45) is 1.69. The van der Waals surface area contributed by atoms with Crippen LogP contribution in [0.5, 0.6) is 0 Å². The Morgan fingerprint density at radius 2 is 2.42 bits per heavy atom. The molecular formula is C9H10N2O. The van der Waals surface area contributed by atoms with Crippen LogP contribution in [-0.4, -0.2) is 10.4 Å². The highest BCUT2D eigenvalue weighted by Crippen LogP contribution is 2.08. The summed E-state index contributed by atoms with van der Waals surface area (Å²) in [6.45, 7) is 4.16. The number of ketones is 1. The molecule has 12 heavy (non-hydrogen) atoms. The normalized spacial score (nSPS) is 9.42. The van der Waals surface area contributed by atoms with E-state index in [2.05, 4.69) is 0 Å². The molecule has 0 aliphatic rings. The minimum absolute atomic E-state index is 0.00153. The zero-order valence-electron chi connectivity index (χ0n) is 7.16. The first-order valence-corrected chi connectivity index (χ1v) is 3.80. The second-order valence-electron chi connectivity index (χ2n) is 2.57. The quantitative estimate of drug-likeness (QED) is 0.620. The molecule has 0 amide bonds. The second kappa shape index (κ2) is 3.22. The van der Waals surface area contributed by atoms with Crippen LogP contribution in [0.3, 0.4) is 0 Å². The molecule has 0 radical (unpaired) electrons. The van der Waals surface area contributed by atoms with Crippen LogP contribution in [0.1, 0.15) is 29.9 Å². The van der Waals surface area contributed by atoms with Crippen LogP contribution in [-0.2, 0) is 6.54 Å². The summed E-state index contributed by atoms with van der Waals surface area (Å²) in [5.74, 6) is -0.00153. The molecule has 3 heteroatoms. The van der Waals surface area contributed by atoms with Crippen LogP contribution >= 0.6 is 0 Å². The van der Waals surface area contributed by atoms with Crippen molar-refractivity contribution in [2.24, 2.45) is 0 Å². The highest BCUT2D eigenvalue weighted by Gasteiger charge is 2.07. The smallest absolute Gasteiger partial charge is 0.176 e. The van der Waals surface area contributed by atoms with Crippen LogP contribution in [0.15, 0.2) is 12.3 Å². The number of aromatic nitrogens is 1. The van der Waals surface area contributed by atoms with Gasteiger partial charge in [-0.05, 0) is 13.0 Å². The minimum atomic E-state index is -0.00153. The van der Waals surface area contributed by atoms with Crippen molar-refractivity contribution in [3.63, 3.8) is 0 Å². The third-order valence-corrected chi connectivity index (χ3v) is 1.73. The third-order valence-electron chi connectivity index (χ3n) is 1.73. The maximum atomic E-state index is 11.0. The number of rotatable bonds is 2. The first kappa shape index (κ1) is 8.54. The topological polar surface area (TPSA) is 45.8 Å². The molecule has 0 saturated carbocycles. The Labute approximate surface area is 71.2 Å². The van der Waals surface area contributed by atoms with E-state index in [-0.39, 0.29) is 5.78 Å². The van der Waals surface area contributed by atoms with Crippen molar-refractivity contribution >= 4 is 5.78 Å². The van der Waals surface area contributed by atoms with Gasteiger partial charge in [0.1, 0.15) is 6.07 Å². The largest absolute Gasteiger partial charge is 0.344 e. The van der Waals surface area contributed by atoms with Crippen LogP contribution in [0.2, 0.25) is 0 Å². The lowest BCUT2D eigenvalue weighted by Crippen LogP contribution is -2.02. The van der Waals surface area contributed by atoms with Gasteiger partial charge in [0.2, 0.25) is 0 Å². The van der Waals surface area contributed by atoms with Crippen LogP contribution in [0, 0.1) is 11.3 Å². The van der Waals surface area contributed by atoms with Crippen molar-refractivity contribution in [1.82, 2.24) is 4.57 Å². The van der Waals surface area contributed by atoms with E-state index >= 15 is 0 Å². The summed E-state index contributed by atoms with van der Waals surface area (Å²) >= 11 is 0. The monoisotopic (exact) mass is 162 g/mol. The lowest BCUT2D eigenvalue weighted by atomic mass is 10.3. The molecule has 0 saturated heterocycles. The van der Waals surface area contributed by atoms with Gasteiger partial charge in [0.15, 0.2) is 5.78 Å². The lowest BCUT2D eigenvalue weighted by Gasteiger charge is -2.00. The number of nitriles is 1. The van der Waals surface area contributed by atoms with Gasteiger partial charge in [0, 0.05) is 19.7 Å². The van der Waals surface area contributed by atoms with Crippen molar-refractivity contribution in [2.45, 2.75) is 20.4 Å². The van der Waals surface area contributed by atoms with E-state index in [1.54, 1.807) is 16.8 Å². The molecule has 0 atom stereocenters. The molecule has 1 rings (SSSR count). The van der Waals surface area contributed by atoms with Crippen molar-refractivity contribution in [1.29, 1.82) is 5.26 Å². The van der Waals surface area contributed by atoms with E-state index in [0.29, 0.717) is 11.3 Å². The number of carbonyl (C=O) groups excluding carboxylic acids is 1. The first-order valence-electron chi connectivity index (χ1n) is 3.80. The zero-order chi connectivity index (χ0) is 9.14. The van der Waals surface area contributed by atoms with Gasteiger partial charge in [0.05, 0.1) is 11.3 Å². The minimum Gasteiger partial charge on any atom is -0.344 e. The van der Waals surface area contributed by atoms with Gasteiger partial charge in [0.25, 0.3) is 0 Å². The Bertz CT molecular complexity index is 344. The maximum Gasteiger partial charge on any atom is 0.176 e. The second-order valence-corrected chi connectivity index (χ2v) is 2.57. The SMILES string of the molecule is CCn1cc(C#N)cc1C(C)=O. The van der Waals surface area contributed by atoms with Gasteiger partial charge in [-0.1, -0.05) is 0 Å². The molecule has 0 aliphatic heterocycles. The predicted octanol–water partition coefficient (Wildman–Crippen LogP) is 1.58. The zero-order valence-corrected chi connectivity index (χ0v) is 7.16. The summed E-state index contributed by atoms with van der Waals surface area (Å²) in [7, 11) is 0. The predicted molar refractivity (Wildman–Crippen MR) is 44.8 cm³/mol. The molecule has 3 nitrogen and oxygen atoms in total. The average Bonchev–Trinajstić information content (AvgIpc) is 2.47. The van der Waals surface area contributed by atoms with Crippen LogP contribution < -0.4 is 0 Å². The Hall–Kier alpha value is -1.56. The van der Waals surface area contributed by atoms with E-state index < -0.39 is 0 Å². The van der Waals surface area contributed by atoms with Crippen LogP contribution in [0.25, 0.3) is 0 Å². The van der Waals surface area contributed by atoms with Crippen molar-refractivity contribution in [3.05, 3.63) is 23.5 Å². The Balaban J connectivity index is 3.19. The molecule has 0 bridgehead atoms. The van der Waals surface area contributed by atoms with Gasteiger partial charge in [-0.15, -0.1) is 0 Å². The lowest BCUT2D eigenvalue weighted by molar-refractivity contribution is 0.100. The molecule has 0 fully saturated rings. The van der Waals surface area contributed by atoms with E-state index in [4.69, 9.17) is 5.26 Å². The Morgan fingerprint density at radius 3 is 2.75 bits per heavy atom. The fraction of sp³-hybridized carbons (Fsp3) is 0.333. The summed E-state index contributed by atoms with van der Waals surface area (Å²) in [6, 6.07) is 3.62. The fourth-order valence-corrected chi connectivity index (χ4v) is 1.13. The van der Waals surface area contributed by atoms with Gasteiger partial charge in [-0.2, -0.15) is 5.26 Å². The van der Waals surface area contributed by atoms with Crippen molar-refractivity contribution in [2.75, 3.05) is 0 Å². The van der Waals surface area contributed by atoms with Gasteiger partial charge in [-0.3, -0.25) is 4.79 Å². The number of aryl methyl sites for hydroxylation is 1. The van der Waals surface area contributed by atoms with Gasteiger partial charge >= 0.3 is 0 Å². The molecular weight excluding hydrogens is 152 g/mol. The molecule has 1 aromatic heterocycles. The highest BCUT2D eigenvalue weighted by atomic mass is 16.1. The molecule has 0 aliphatic carbocycles. The number of hydrogen-bond acceptors (Lipinski definition) is 2. The fourth-order valence-electron chi connectivity index (χ4n) is 1.13. The molecule has 62 valence electrons. The number of nitrogens with zero attached hydrogens (tertiary/aromatic N) is 2. The summed E-state index contributed by atoms with van der Waals surface area (Å²) in [4.78, 5) is 11.0. The van der Waals surface area contributed by atoms with E-state index in [9.17, 15) is 4.79 Å². The third kappa shape index (κ3) is 1.37. The number of carbonyl (C=O) groups is 1. The maximum absolute atomic E-state index is 11.0. The van der Waals surface area contributed by atoms with Crippen LogP contribution in [0.4, 0.5) is 0 Å². The molecule has 1 aromatic rings. The summed E-state index contributed by atoms with van der Waals surface area (Å²) < 4.78 is 1.78. The van der Waals surface area contributed by atoms with E-state index in [0.717, 1.165) is 6.54 Å². The highest BCUT2D eigenvalue weighted by molar-refractivity contribution is 5.93. The van der Waals surface area contributed by atoms with E-state index in [1.807, 2.05) is 13.0 Å². The van der Waals surface area contributed by atoms with Crippen molar-refractivity contribution in [3.8, 4) is 6.07 Å². The molecule has 0 unspecified atom stereocenters. The molecule has 1 heterocycles. The Morgan fingerprint density at radius 1 is 1.75 bits per heavy atom. The first-order chi connectivity index (χ1) is 5.69. The molecule has 0 aromatic carbocycles.